The second-order valence-corrected chi connectivity index (χ2v) is 3.84. The van der Waals surface area contributed by atoms with Gasteiger partial charge in [0.05, 0.1) is 5.56 Å². The van der Waals surface area contributed by atoms with Crippen molar-refractivity contribution in [2.75, 3.05) is 0 Å². The van der Waals surface area contributed by atoms with Gasteiger partial charge in [-0.1, -0.05) is 15.9 Å². The Morgan fingerprint density at radius 1 is 1.47 bits per heavy atom. The molecule has 0 saturated heterocycles. The molecule has 82 valence electrons. The molecule has 0 saturated carbocycles. The Morgan fingerprint density at radius 2 is 2.07 bits per heavy atom. The van der Waals surface area contributed by atoms with E-state index in [1.54, 1.807) is 13.0 Å². The van der Waals surface area contributed by atoms with Gasteiger partial charge >= 0.3 is 6.61 Å². The zero-order valence-electron chi connectivity index (χ0n) is 8.18. The zero-order chi connectivity index (χ0) is 11.6. The monoisotopic (exact) mass is 278 g/mol. The standard InChI is InChI=1S/C10H9BrF2O2/c1-5-8(11)4-3-7(6(2)14)9(5)15-10(12)13/h3-4,10H,1-2H3. The molecule has 15 heavy (non-hydrogen) atoms. The van der Waals surface area contributed by atoms with Crippen LogP contribution in [-0.4, -0.2) is 12.4 Å². The van der Waals surface area contributed by atoms with E-state index in [4.69, 9.17) is 0 Å². The highest BCUT2D eigenvalue weighted by atomic mass is 79.9. The Kier molecular flexibility index (Phi) is 3.79. The van der Waals surface area contributed by atoms with Gasteiger partial charge in [-0.25, -0.2) is 0 Å². The van der Waals surface area contributed by atoms with Crippen molar-refractivity contribution in [1.29, 1.82) is 0 Å². The van der Waals surface area contributed by atoms with E-state index in [1.165, 1.54) is 13.0 Å². The Bertz CT molecular complexity index is 391. The molecule has 0 aliphatic rings. The van der Waals surface area contributed by atoms with Gasteiger partial charge in [0.15, 0.2) is 5.78 Å². The van der Waals surface area contributed by atoms with Crippen LogP contribution < -0.4 is 4.74 Å². The van der Waals surface area contributed by atoms with Gasteiger partial charge in [-0.3, -0.25) is 4.79 Å². The maximum atomic E-state index is 12.1. The molecule has 0 amide bonds. The highest BCUT2D eigenvalue weighted by Crippen LogP contribution is 2.31. The minimum atomic E-state index is -2.93. The fraction of sp³-hybridized carbons (Fsp3) is 0.300. The largest absolute Gasteiger partial charge is 0.434 e. The number of ketones is 1. The van der Waals surface area contributed by atoms with Crippen molar-refractivity contribution in [1.82, 2.24) is 0 Å². The van der Waals surface area contributed by atoms with Gasteiger partial charge in [0.25, 0.3) is 0 Å². The summed E-state index contributed by atoms with van der Waals surface area (Å²) in [6.45, 7) is -0.0222. The minimum Gasteiger partial charge on any atom is -0.434 e. The fourth-order valence-corrected chi connectivity index (χ4v) is 1.50. The molecule has 0 aliphatic heterocycles. The maximum absolute atomic E-state index is 12.1. The molecule has 0 spiro atoms. The first-order valence-electron chi connectivity index (χ1n) is 4.18. The smallest absolute Gasteiger partial charge is 0.387 e. The number of hydrogen-bond donors (Lipinski definition) is 0. The van der Waals surface area contributed by atoms with Crippen LogP contribution in [0.15, 0.2) is 16.6 Å². The molecule has 0 N–H and O–H groups in total. The van der Waals surface area contributed by atoms with Crippen molar-refractivity contribution >= 4 is 21.7 Å². The van der Waals surface area contributed by atoms with Crippen LogP contribution in [-0.2, 0) is 0 Å². The van der Waals surface area contributed by atoms with Gasteiger partial charge in [0, 0.05) is 10.0 Å². The van der Waals surface area contributed by atoms with Crippen LogP contribution in [0.3, 0.4) is 0 Å². The van der Waals surface area contributed by atoms with Crippen LogP contribution in [0.2, 0.25) is 0 Å². The van der Waals surface area contributed by atoms with Crippen LogP contribution in [0.1, 0.15) is 22.8 Å². The SMILES string of the molecule is CC(=O)c1ccc(Br)c(C)c1OC(F)F. The predicted octanol–water partition coefficient (Wildman–Crippen LogP) is 3.56. The number of alkyl halides is 2. The molecule has 0 bridgehead atoms. The number of ether oxygens (including phenoxy) is 1. The normalized spacial score (nSPS) is 10.5. The van der Waals surface area contributed by atoms with Crippen molar-refractivity contribution in [3.8, 4) is 5.75 Å². The number of Topliss-reactive ketones (excluding diaryl/α,β-unsaturated/α-hetero) is 1. The summed E-state index contributed by atoms with van der Waals surface area (Å²) >= 11 is 3.18. The first kappa shape index (κ1) is 12.1. The molecule has 0 fully saturated rings. The Labute approximate surface area is 94.4 Å². The highest BCUT2D eigenvalue weighted by Gasteiger charge is 2.16. The van der Waals surface area contributed by atoms with E-state index < -0.39 is 6.61 Å². The summed E-state index contributed by atoms with van der Waals surface area (Å²) in [6, 6.07) is 3.08. The third-order valence-electron chi connectivity index (χ3n) is 1.93. The van der Waals surface area contributed by atoms with E-state index in [-0.39, 0.29) is 17.1 Å². The summed E-state index contributed by atoms with van der Waals surface area (Å²) in [5.41, 5.74) is 0.652. The van der Waals surface area contributed by atoms with E-state index in [2.05, 4.69) is 20.7 Å². The zero-order valence-corrected chi connectivity index (χ0v) is 9.77. The molecule has 0 unspecified atom stereocenters. The lowest BCUT2D eigenvalue weighted by Crippen LogP contribution is -2.08. The van der Waals surface area contributed by atoms with Crippen molar-refractivity contribution in [3.63, 3.8) is 0 Å². The van der Waals surface area contributed by atoms with Crippen molar-refractivity contribution < 1.29 is 18.3 Å². The summed E-state index contributed by atoms with van der Waals surface area (Å²) in [6.07, 6.45) is 0. The molecule has 2 nitrogen and oxygen atoms in total. The van der Waals surface area contributed by atoms with E-state index in [0.29, 0.717) is 10.0 Å². The number of carbonyl (C=O) groups excluding carboxylic acids is 1. The molecular weight excluding hydrogens is 270 g/mol. The lowest BCUT2D eigenvalue weighted by molar-refractivity contribution is -0.0506. The Morgan fingerprint density at radius 3 is 2.53 bits per heavy atom. The van der Waals surface area contributed by atoms with Gasteiger partial charge in [0.2, 0.25) is 0 Å². The van der Waals surface area contributed by atoms with Crippen LogP contribution >= 0.6 is 15.9 Å². The lowest BCUT2D eigenvalue weighted by Gasteiger charge is -2.12. The molecule has 0 radical (unpaired) electrons. The fourth-order valence-electron chi connectivity index (χ4n) is 1.19. The molecule has 1 aromatic carbocycles. The van der Waals surface area contributed by atoms with Gasteiger partial charge in [-0.2, -0.15) is 8.78 Å². The van der Waals surface area contributed by atoms with Gasteiger partial charge < -0.3 is 4.74 Å². The molecule has 1 rings (SSSR count). The summed E-state index contributed by atoms with van der Waals surface area (Å²) < 4.78 is 29.2. The summed E-state index contributed by atoms with van der Waals surface area (Å²) in [5.74, 6) is -0.367. The van der Waals surface area contributed by atoms with Gasteiger partial charge in [-0.15, -0.1) is 0 Å². The Balaban J connectivity index is 3.28. The summed E-state index contributed by atoms with van der Waals surface area (Å²) in [7, 11) is 0. The average Bonchev–Trinajstić information content (AvgIpc) is 2.12. The second-order valence-electron chi connectivity index (χ2n) is 2.98. The second kappa shape index (κ2) is 4.70. The van der Waals surface area contributed by atoms with Crippen LogP contribution in [0, 0.1) is 6.92 Å². The van der Waals surface area contributed by atoms with E-state index in [1.807, 2.05) is 0 Å². The van der Waals surface area contributed by atoms with Crippen LogP contribution in [0.25, 0.3) is 0 Å². The molecule has 0 aliphatic carbocycles. The molecule has 0 atom stereocenters. The molecular formula is C10H9BrF2O2. The summed E-state index contributed by atoms with van der Waals surface area (Å²) in [5, 5.41) is 0. The molecule has 1 aromatic rings. The first-order chi connectivity index (χ1) is 6.93. The van der Waals surface area contributed by atoms with E-state index >= 15 is 0 Å². The van der Waals surface area contributed by atoms with Crippen molar-refractivity contribution in [2.24, 2.45) is 0 Å². The van der Waals surface area contributed by atoms with E-state index in [0.717, 1.165) is 0 Å². The number of benzene rings is 1. The summed E-state index contributed by atoms with van der Waals surface area (Å²) in [4.78, 5) is 11.2. The quantitative estimate of drug-likeness (QED) is 0.791. The van der Waals surface area contributed by atoms with Crippen molar-refractivity contribution in [2.45, 2.75) is 20.5 Å². The first-order valence-corrected chi connectivity index (χ1v) is 4.97. The Hall–Kier alpha value is -0.970. The predicted molar refractivity (Wildman–Crippen MR) is 55.5 cm³/mol. The number of rotatable bonds is 3. The number of carbonyl (C=O) groups is 1. The minimum absolute atomic E-state index is 0.0631. The van der Waals surface area contributed by atoms with E-state index in [9.17, 15) is 13.6 Å². The third kappa shape index (κ3) is 2.75. The lowest BCUT2D eigenvalue weighted by atomic mass is 10.1. The average molecular weight is 279 g/mol. The van der Waals surface area contributed by atoms with Gasteiger partial charge in [0.1, 0.15) is 5.75 Å². The molecule has 0 aromatic heterocycles. The number of halogens is 3. The highest BCUT2D eigenvalue weighted by molar-refractivity contribution is 9.10. The number of hydrogen-bond acceptors (Lipinski definition) is 2. The maximum Gasteiger partial charge on any atom is 0.387 e. The molecule has 0 heterocycles. The topological polar surface area (TPSA) is 26.3 Å². The van der Waals surface area contributed by atoms with Crippen molar-refractivity contribution in [3.05, 3.63) is 27.7 Å². The third-order valence-corrected chi connectivity index (χ3v) is 2.79. The van der Waals surface area contributed by atoms with Crippen LogP contribution in [0.4, 0.5) is 8.78 Å². The van der Waals surface area contributed by atoms with Crippen LogP contribution in [0.5, 0.6) is 5.75 Å². The van der Waals surface area contributed by atoms with Gasteiger partial charge in [-0.05, 0) is 26.0 Å². The molecule has 5 heteroatoms.